The molecule has 0 spiro atoms. The fraction of sp³-hybridized carbons (Fsp3) is 1.00. The van der Waals surface area contributed by atoms with Crippen molar-refractivity contribution in [2.45, 2.75) is 12.2 Å². The third kappa shape index (κ3) is 6.71. The van der Waals surface area contributed by atoms with Crippen LogP contribution in [0.1, 0.15) is 0 Å². The summed E-state index contributed by atoms with van der Waals surface area (Å²) in [4.78, 5) is 0. The van der Waals surface area contributed by atoms with Gasteiger partial charge in [-0.25, -0.2) is 0 Å². The number of aliphatic hydroxyl groups excluding tert-OH is 3. The van der Waals surface area contributed by atoms with Crippen LogP contribution in [0.25, 0.3) is 0 Å². The molecule has 0 aliphatic carbocycles. The van der Waals surface area contributed by atoms with Crippen molar-refractivity contribution in [2.24, 2.45) is 0 Å². The number of rotatable bonds is 6. The summed E-state index contributed by atoms with van der Waals surface area (Å²) in [6.45, 7) is -0.0900. The van der Waals surface area contributed by atoms with Crippen LogP contribution in [0.3, 0.4) is 0 Å². The largest absolute Gasteiger partial charge is 0.394 e. The van der Waals surface area contributed by atoms with Gasteiger partial charge in [0.25, 0.3) is 0 Å². The van der Waals surface area contributed by atoms with Crippen molar-refractivity contribution in [1.29, 1.82) is 0 Å². The quantitative estimate of drug-likeness (QED) is 0.517. The Hall–Kier alpha value is 0.320. The van der Waals surface area contributed by atoms with E-state index in [1.807, 2.05) is 0 Å². The summed E-state index contributed by atoms with van der Waals surface area (Å²) in [5.41, 5.74) is 0. The van der Waals surface area contributed by atoms with Crippen molar-refractivity contribution in [3.63, 3.8) is 0 Å². The third-order valence-electron chi connectivity index (χ3n) is 1.01. The average Bonchev–Trinajstić information content (AvgIpc) is 2.04. The van der Waals surface area contributed by atoms with Crippen LogP contribution in [0.15, 0.2) is 0 Å². The Morgan fingerprint density at radius 1 is 1.18 bits per heavy atom. The minimum Gasteiger partial charge on any atom is -0.394 e. The smallest absolute Gasteiger partial charge is 0.100 e. The lowest BCUT2D eigenvalue weighted by atomic mass is 10.4. The Kier molecular flexibility index (Phi) is 7.20. The van der Waals surface area contributed by atoms with Gasteiger partial charge in [0.15, 0.2) is 0 Å². The molecule has 0 amide bonds. The first-order valence-electron chi connectivity index (χ1n) is 3.31. The number of hydrogen-bond acceptors (Lipinski definition) is 4. The highest BCUT2D eigenvalue weighted by Gasteiger charge is 2.04. The zero-order valence-electron chi connectivity index (χ0n) is 6.11. The number of aliphatic hydroxyl groups is 3. The van der Waals surface area contributed by atoms with Crippen LogP contribution in [-0.2, 0) is 4.74 Å². The van der Waals surface area contributed by atoms with Crippen LogP contribution in [0.5, 0.6) is 0 Å². The van der Waals surface area contributed by atoms with Gasteiger partial charge in [0.05, 0.1) is 25.9 Å². The first kappa shape index (κ1) is 11.3. The summed E-state index contributed by atoms with van der Waals surface area (Å²) < 4.78 is 4.85. The van der Waals surface area contributed by atoms with E-state index in [-0.39, 0.29) is 19.8 Å². The lowest BCUT2D eigenvalue weighted by Gasteiger charge is -2.10. The molecule has 4 nitrogen and oxygen atoms in total. The molecule has 0 bridgehead atoms. The molecule has 3 N–H and O–H groups in total. The second-order valence-corrected chi connectivity index (χ2v) is 2.83. The van der Waals surface area contributed by atoms with Crippen molar-refractivity contribution < 1.29 is 20.1 Å². The van der Waals surface area contributed by atoms with Crippen LogP contribution >= 0.6 is 15.9 Å². The van der Waals surface area contributed by atoms with E-state index in [0.717, 1.165) is 0 Å². The van der Waals surface area contributed by atoms with Gasteiger partial charge in [-0.2, -0.15) is 0 Å². The second kappa shape index (κ2) is 7.00. The zero-order chi connectivity index (χ0) is 8.69. The summed E-state index contributed by atoms with van der Waals surface area (Å²) >= 11 is 3.06. The predicted octanol–water partition coefficient (Wildman–Crippen LogP) is -0.888. The molecule has 0 fully saturated rings. The van der Waals surface area contributed by atoms with Gasteiger partial charge in [0, 0.05) is 5.33 Å². The van der Waals surface area contributed by atoms with Crippen molar-refractivity contribution in [3.8, 4) is 0 Å². The van der Waals surface area contributed by atoms with E-state index < -0.39 is 12.2 Å². The average molecular weight is 229 g/mol. The predicted molar refractivity (Wildman–Crippen MR) is 43.7 cm³/mol. The Labute approximate surface area is 73.9 Å². The summed E-state index contributed by atoms with van der Waals surface area (Å²) in [5.74, 6) is 0. The van der Waals surface area contributed by atoms with Crippen molar-refractivity contribution in [2.75, 3.05) is 25.2 Å². The molecule has 0 aromatic rings. The van der Waals surface area contributed by atoms with Gasteiger partial charge in [-0.05, 0) is 0 Å². The van der Waals surface area contributed by atoms with E-state index in [9.17, 15) is 0 Å². The molecule has 0 radical (unpaired) electrons. The fourth-order valence-corrected chi connectivity index (χ4v) is 0.624. The van der Waals surface area contributed by atoms with E-state index in [1.54, 1.807) is 0 Å². The van der Waals surface area contributed by atoms with Gasteiger partial charge in [-0.1, -0.05) is 15.9 Å². The molecule has 0 saturated carbocycles. The van der Waals surface area contributed by atoms with Crippen molar-refractivity contribution in [3.05, 3.63) is 0 Å². The van der Waals surface area contributed by atoms with E-state index in [4.69, 9.17) is 20.1 Å². The summed E-state index contributed by atoms with van der Waals surface area (Å²) in [6, 6.07) is 0. The Bertz CT molecular complexity index is 80.7. The number of ether oxygens (including phenoxy) is 1. The van der Waals surface area contributed by atoms with Gasteiger partial charge in [0.1, 0.15) is 6.10 Å². The highest BCUT2D eigenvalue weighted by atomic mass is 79.9. The molecule has 0 aliphatic heterocycles. The monoisotopic (exact) mass is 228 g/mol. The Balaban J connectivity index is 3.13. The van der Waals surface area contributed by atoms with Gasteiger partial charge >= 0.3 is 0 Å². The molecule has 11 heavy (non-hydrogen) atoms. The maximum atomic E-state index is 8.93. The van der Waals surface area contributed by atoms with Crippen molar-refractivity contribution in [1.82, 2.24) is 0 Å². The van der Waals surface area contributed by atoms with Crippen molar-refractivity contribution >= 4 is 15.9 Å². The van der Waals surface area contributed by atoms with E-state index in [2.05, 4.69) is 15.9 Å². The topological polar surface area (TPSA) is 69.9 Å². The first-order valence-corrected chi connectivity index (χ1v) is 4.43. The minimum atomic E-state index is -0.850. The van der Waals surface area contributed by atoms with Crippen LogP contribution in [0.4, 0.5) is 0 Å². The van der Waals surface area contributed by atoms with Crippen LogP contribution in [0.2, 0.25) is 0 Å². The summed E-state index contributed by atoms with van der Waals surface area (Å²) in [6.07, 6.45) is -1.40. The molecule has 0 saturated heterocycles. The standard InChI is InChI=1S/C6H13BrO4/c7-1-5(9)3-11-4-6(10)2-8/h5-6,8-10H,1-4H2. The Morgan fingerprint density at radius 3 is 2.18 bits per heavy atom. The molecular formula is C6H13BrO4. The highest BCUT2D eigenvalue weighted by molar-refractivity contribution is 9.09. The van der Waals surface area contributed by atoms with E-state index in [0.29, 0.717) is 5.33 Å². The molecule has 2 unspecified atom stereocenters. The minimum absolute atomic E-state index is 0.0561. The number of hydrogen-bond donors (Lipinski definition) is 3. The second-order valence-electron chi connectivity index (χ2n) is 2.18. The van der Waals surface area contributed by atoms with Gasteiger partial charge in [-0.15, -0.1) is 0 Å². The molecule has 0 aromatic heterocycles. The van der Waals surface area contributed by atoms with E-state index in [1.165, 1.54) is 0 Å². The molecular weight excluding hydrogens is 216 g/mol. The zero-order valence-corrected chi connectivity index (χ0v) is 7.70. The molecule has 68 valence electrons. The normalized spacial score (nSPS) is 16.4. The maximum absolute atomic E-state index is 8.93. The molecule has 5 heteroatoms. The lowest BCUT2D eigenvalue weighted by Crippen LogP contribution is -2.24. The van der Waals surface area contributed by atoms with Crippen LogP contribution < -0.4 is 0 Å². The number of alkyl halides is 1. The van der Waals surface area contributed by atoms with E-state index >= 15 is 0 Å². The summed E-state index contributed by atoms with van der Waals surface area (Å²) in [7, 11) is 0. The molecule has 2 atom stereocenters. The first-order chi connectivity index (χ1) is 5.20. The van der Waals surface area contributed by atoms with Gasteiger partial charge in [0.2, 0.25) is 0 Å². The van der Waals surface area contributed by atoms with Gasteiger partial charge in [-0.3, -0.25) is 0 Å². The summed E-state index contributed by atoms with van der Waals surface area (Å²) in [5, 5.41) is 26.5. The molecule has 0 aliphatic rings. The lowest BCUT2D eigenvalue weighted by molar-refractivity contribution is -0.0190. The number of halogens is 1. The van der Waals surface area contributed by atoms with Crippen LogP contribution in [-0.4, -0.2) is 52.7 Å². The molecule has 0 aromatic carbocycles. The molecule has 0 heterocycles. The molecule has 0 rings (SSSR count). The highest BCUT2D eigenvalue weighted by Crippen LogP contribution is 1.92. The maximum Gasteiger partial charge on any atom is 0.100 e. The third-order valence-corrected chi connectivity index (χ3v) is 1.76. The Morgan fingerprint density at radius 2 is 1.73 bits per heavy atom. The van der Waals surface area contributed by atoms with Gasteiger partial charge < -0.3 is 20.1 Å². The SMILES string of the molecule is OCC(O)COCC(O)CBr. The van der Waals surface area contributed by atoms with Crippen LogP contribution in [0, 0.1) is 0 Å². The fourth-order valence-electron chi connectivity index (χ4n) is 0.437.